The van der Waals surface area contributed by atoms with E-state index in [2.05, 4.69) is 56.6 Å². The Kier molecular flexibility index (Phi) is 5.42. The Balaban J connectivity index is 2.01. The lowest BCUT2D eigenvalue weighted by atomic mass is 10.2. The van der Waals surface area contributed by atoms with Crippen molar-refractivity contribution < 1.29 is 4.42 Å². The number of halogens is 1. The molecule has 1 N–H and O–H groups in total. The maximum absolute atomic E-state index is 5.35. The van der Waals surface area contributed by atoms with Gasteiger partial charge in [-0.25, -0.2) is 0 Å². The molecule has 1 aromatic heterocycles. The Morgan fingerprint density at radius 2 is 2.21 bits per heavy atom. The fourth-order valence-corrected chi connectivity index (χ4v) is 2.98. The van der Waals surface area contributed by atoms with Crippen LogP contribution in [-0.4, -0.2) is 16.7 Å². The molecule has 1 heterocycles. The van der Waals surface area contributed by atoms with Crippen molar-refractivity contribution in [2.24, 2.45) is 0 Å². The van der Waals surface area contributed by atoms with Gasteiger partial charge in [0.25, 0.3) is 5.22 Å². The standard InChI is InChI=1S/C13H16BrN3OS/c1-3-6-15-8-10-4-5-11(7-12(10)14)19-13-17-16-9(2)18-13/h4-5,7,15H,3,6,8H2,1-2H3. The molecule has 2 rings (SSSR count). The molecule has 0 spiro atoms. The van der Waals surface area contributed by atoms with Gasteiger partial charge in [-0.2, -0.15) is 0 Å². The maximum atomic E-state index is 5.35. The van der Waals surface area contributed by atoms with E-state index in [4.69, 9.17) is 4.42 Å². The van der Waals surface area contributed by atoms with Gasteiger partial charge in [-0.15, -0.1) is 10.2 Å². The average molecular weight is 342 g/mol. The van der Waals surface area contributed by atoms with Crippen molar-refractivity contribution in [3.8, 4) is 0 Å². The van der Waals surface area contributed by atoms with Gasteiger partial charge < -0.3 is 9.73 Å². The summed E-state index contributed by atoms with van der Waals surface area (Å²) in [5.74, 6) is 0.585. The highest BCUT2D eigenvalue weighted by atomic mass is 79.9. The number of benzene rings is 1. The number of nitrogens with one attached hydrogen (secondary N) is 1. The van der Waals surface area contributed by atoms with Crippen LogP contribution in [0.5, 0.6) is 0 Å². The van der Waals surface area contributed by atoms with E-state index in [1.807, 2.05) is 0 Å². The second-order valence-corrected chi connectivity index (χ2v) is 6.00. The van der Waals surface area contributed by atoms with Crippen LogP contribution in [0.25, 0.3) is 0 Å². The first-order chi connectivity index (χ1) is 9.19. The normalized spacial score (nSPS) is 10.9. The lowest BCUT2D eigenvalue weighted by Gasteiger charge is -2.07. The molecule has 0 aliphatic rings. The SMILES string of the molecule is CCCNCc1ccc(Sc2nnc(C)o2)cc1Br. The molecule has 0 aliphatic heterocycles. The van der Waals surface area contributed by atoms with Gasteiger partial charge in [0.05, 0.1) is 0 Å². The van der Waals surface area contributed by atoms with Crippen molar-refractivity contribution in [1.82, 2.24) is 15.5 Å². The maximum Gasteiger partial charge on any atom is 0.281 e. The number of rotatable bonds is 6. The van der Waals surface area contributed by atoms with Crippen LogP contribution in [0.1, 0.15) is 24.8 Å². The first kappa shape index (κ1) is 14.6. The predicted molar refractivity (Wildman–Crippen MR) is 79.3 cm³/mol. The fraction of sp³-hybridized carbons (Fsp3) is 0.385. The Morgan fingerprint density at radius 3 is 2.84 bits per heavy atom. The van der Waals surface area contributed by atoms with Gasteiger partial charge in [0.2, 0.25) is 5.89 Å². The van der Waals surface area contributed by atoms with E-state index in [-0.39, 0.29) is 0 Å². The lowest BCUT2D eigenvalue weighted by Crippen LogP contribution is -2.14. The highest BCUT2D eigenvalue weighted by Gasteiger charge is 2.07. The minimum atomic E-state index is 0.571. The van der Waals surface area contributed by atoms with E-state index in [1.165, 1.54) is 17.3 Å². The van der Waals surface area contributed by atoms with Crippen molar-refractivity contribution in [2.75, 3.05) is 6.54 Å². The quantitative estimate of drug-likeness (QED) is 0.810. The lowest BCUT2D eigenvalue weighted by molar-refractivity contribution is 0.429. The van der Waals surface area contributed by atoms with Crippen molar-refractivity contribution in [2.45, 2.75) is 36.9 Å². The molecular weight excluding hydrogens is 326 g/mol. The van der Waals surface area contributed by atoms with Crippen molar-refractivity contribution in [3.05, 3.63) is 34.1 Å². The van der Waals surface area contributed by atoms with Gasteiger partial charge in [0.1, 0.15) is 0 Å². The Hall–Kier alpha value is -0.850. The zero-order valence-corrected chi connectivity index (χ0v) is 13.3. The third-order valence-electron chi connectivity index (χ3n) is 2.48. The molecule has 0 saturated carbocycles. The van der Waals surface area contributed by atoms with Gasteiger partial charge in [0.15, 0.2) is 0 Å². The molecular formula is C13H16BrN3OS. The molecule has 0 aliphatic carbocycles. The number of aromatic nitrogens is 2. The van der Waals surface area contributed by atoms with E-state index in [9.17, 15) is 0 Å². The summed E-state index contributed by atoms with van der Waals surface area (Å²) in [4.78, 5) is 1.08. The molecule has 0 amide bonds. The summed E-state index contributed by atoms with van der Waals surface area (Å²) in [6, 6.07) is 6.25. The molecule has 4 nitrogen and oxygen atoms in total. The van der Waals surface area contributed by atoms with Crippen molar-refractivity contribution in [3.63, 3.8) is 0 Å². The first-order valence-corrected chi connectivity index (χ1v) is 7.77. The van der Waals surface area contributed by atoms with Crippen LogP contribution < -0.4 is 5.32 Å². The molecule has 0 fully saturated rings. The number of nitrogens with zero attached hydrogens (tertiary/aromatic N) is 2. The van der Waals surface area contributed by atoms with Crippen LogP contribution in [0.15, 0.2) is 37.2 Å². The smallest absolute Gasteiger partial charge is 0.281 e. The number of hydrogen-bond acceptors (Lipinski definition) is 5. The zero-order chi connectivity index (χ0) is 13.7. The van der Waals surface area contributed by atoms with Gasteiger partial charge in [-0.3, -0.25) is 0 Å². The van der Waals surface area contributed by atoms with Gasteiger partial charge in [-0.05, 0) is 42.4 Å². The molecule has 19 heavy (non-hydrogen) atoms. The van der Waals surface area contributed by atoms with Crippen molar-refractivity contribution in [1.29, 1.82) is 0 Å². The predicted octanol–water partition coefficient (Wildman–Crippen LogP) is 3.79. The summed E-state index contributed by atoms with van der Waals surface area (Å²) in [7, 11) is 0. The Bertz CT molecular complexity index is 544. The van der Waals surface area contributed by atoms with Crippen LogP contribution in [0.2, 0.25) is 0 Å². The van der Waals surface area contributed by atoms with Crippen molar-refractivity contribution >= 4 is 27.7 Å². The van der Waals surface area contributed by atoms with Gasteiger partial charge in [-0.1, -0.05) is 28.9 Å². The molecule has 0 saturated heterocycles. The molecule has 1 aromatic carbocycles. The summed E-state index contributed by atoms with van der Waals surface area (Å²) < 4.78 is 6.44. The van der Waals surface area contributed by atoms with Crippen LogP contribution in [0.4, 0.5) is 0 Å². The summed E-state index contributed by atoms with van der Waals surface area (Å²) in [5, 5.41) is 11.7. The van der Waals surface area contributed by atoms with Gasteiger partial charge in [0, 0.05) is 22.8 Å². The minimum absolute atomic E-state index is 0.571. The summed E-state index contributed by atoms with van der Waals surface area (Å²) in [5.41, 5.74) is 1.25. The Morgan fingerprint density at radius 1 is 1.37 bits per heavy atom. The molecule has 0 bridgehead atoms. The van der Waals surface area contributed by atoms with Crippen LogP contribution >= 0.6 is 27.7 Å². The molecule has 0 unspecified atom stereocenters. The topological polar surface area (TPSA) is 51.0 Å². The third-order valence-corrected chi connectivity index (χ3v) is 4.05. The summed E-state index contributed by atoms with van der Waals surface area (Å²) in [6.07, 6.45) is 1.14. The fourth-order valence-electron chi connectivity index (χ4n) is 1.56. The van der Waals surface area contributed by atoms with E-state index in [1.54, 1.807) is 6.92 Å². The van der Waals surface area contributed by atoms with E-state index in [0.717, 1.165) is 28.9 Å². The largest absolute Gasteiger partial charge is 0.416 e. The van der Waals surface area contributed by atoms with Crippen LogP contribution in [-0.2, 0) is 6.54 Å². The summed E-state index contributed by atoms with van der Waals surface area (Å²) in [6.45, 7) is 5.85. The molecule has 0 atom stereocenters. The van der Waals surface area contributed by atoms with E-state index in [0.29, 0.717) is 11.1 Å². The van der Waals surface area contributed by atoms with E-state index >= 15 is 0 Å². The third kappa shape index (κ3) is 4.33. The molecule has 102 valence electrons. The first-order valence-electron chi connectivity index (χ1n) is 6.16. The van der Waals surface area contributed by atoms with E-state index < -0.39 is 0 Å². The van der Waals surface area contributed by atoms with Crippen LogP contribution in [0, 0.1) is 6.92 Å². The summed E-state index contributed by atoms with van der Waals surface area (Å²) >= 11 is 5.07. The monoisotopic (exact) mass is 341 g/mol. The number of hydrogen-bond donors (Lipinski definition) is 1. The van der Waals surface area contributed by atoms with Gasteiger partial charge >= 0.3 is 0 Å². The number of aryl methyl sites for hydroxylation is 1. The Labute approximate surface area is 125 Å². The highest BCUT2D eigenvalue weighted by Crippen LogP contribution is 2.30. The zero-order valence-electron chi connectivity index (χ0n) is 10.9. The molecule has 6 heteroatoms. The average Bonchev–Trinajstić information content (AvgIpc) is 2.78. The molecule has 0 radical (unpaired) electrons. The highest BCUT2D eigenvalue weighted by molar-refractivity contribution is 9.10. The second kappa shape index (κ2) is 7.07. The van der Waals surface area contributed by atoms with Crippen LogP contribution in [0.3, 0.4) is 0 Å². The molecule has 2 aromatic rings. The second-order valence-electron chi connectivity index (χ2n) is 4.12. The minimum Gasteiger partial charge on any atom is -0.416 e.